The highest BCUT2D eigenvalue weighted by Crippen LogP contribution is 2.16. The summed E-state index contributed by atoms with van der Waals surface area (Å²) < 4.78 is 22.7. The van der Waals surface area contributed by atoms with Gasteiger partial charge in [-0.2, -0.15) is 11.8 Å². The Morgan fingerprint density at radius 3 is 2.22 bits per heavy atom. The molecule has 0 heterocycles. The van der Waals surface area contributed by atoms with Crippen LogP contribution in [0.2, 0.25) is 0 Å². The Morgan fingerprint density at radius 1 is 1.22 bits per heavy atom. The second-order valence-electron chi connectivity index (χ2n) is 4.52. The lowest BCUT2D eigenvalue weighted by Gasteiger charge is -2.17. The maximum absolute atomic E-state index is 11.3. The normalized spacial score (nSPS) is 15.3. The van der Waals surface area contributed by atoms with E-state index in [-0.39, 0.29) is 6.04 Å². The first kappa shape index (κ1) is 15.5. The largest absolute Gasteiger partial charge is 0.309 e. The summed E-state index contributed by atoms with van der Waals surface area (Å²) in [6.45, 7) is 5.20. The van der Waals surface area contributed by atoms with E-state index in [1.807, 2.05) is 23.9 Å². The molecule has 0 fully saturated rings. The Kier molecular flexibility index (Phi) is 5.69. The Morgan fingerprint density at radius 2 is 1.78 bits per heavy atom. The van der Waals surface area contributed by atoms with Crippen molar-refractivity contribution in [1.82, 2.24) is 5.32 Å². The molecule has 0 bridgehead atoms. The minimum Gasteiger partial charge on any atom is -0.309 e. The molecule has 2 unspecified atom stereocenters. The summed E-state index contributed by atoms with van der Waals surface area (Å²) in [5.74, 6) is 0. The van der Waals surface area contributed by atoms with E-state index in [0.717, 1.165) is 12.1 Å². The first-order valence-corrected chi connectivity index (χ1v) is 9.08. The number of hydrogen-bond donors (Lipinski definition) is 1. The van der Waals surface area contributed by atoms with Crippen LogP contribution in [0.1, 0.15) is 25.5 Å². The van der Waals surface area contributed by atoms with Crippen molar-refractivity contribution < 1.29 is 8.42 Å². The van der Waals surface area contributed by atoms with E-state index in [9.17, 15) is 8.42 Å². The van der Waals surface area contributed by atoms with Crippen LogP contribution in [-0.2, 0) is 9.84 Å². The predicted molar refractivity (Wildman–Crippen MR) is 78.9 cm³/mol. The van der Waals surface area contributed by atoms with Crippen LogP contribution in [0.25, 0.3) is 0 Å². The maximum atomic E-state index is 11.3. The van der Waals surface area contributed by atoms with Crippen molar-refractivity contribution in [3.8, 4) is 0 Å². The maximum Gasteiger partial charge on any atom is 0.175 e. The van der Waals surface area contributed by atoms with Crippen LogP contribution in [0, 0.1) is 0 Å². The molecule has 0 saturated carbocycles. The van der Waals surface area contributed by atoms with Crippen LogP contribution in [0.3, 0.4) is 0 Å². The zero-order valence-corrected chi connectivity index (χ0v) is 12.9. The van der Waals surface area contributed by atoms with Crippen molar-refractivity contribution >= 4 is 21.6 Å². The minimum absolute atomic E-state index is 0.230. The number of thioether (sulfide) groups is 1. The summed E-state index contributed by atoms with van der Waals surface area (Å²) in [6, 6.07) is 7.31. The lowest BCUT2D eigenvalue weighted by atomic mass is 10.1. The van der Waals surface area contributed by atoms with Crippen LogP contribution in [0.5, 0.6) is 0 Å². The van der Waals surface area contributed by atoms with Gasteiger partial charge in [0.15, 0.2) is 9.84 Å². The predicted octanol–water partition coefficient (Wildman–Crippen LogP) is 2.49. The van der Waals surface area contributed by atoms with Gasteiger partial charge in [0.2, 0.25) is 0 Å². The van der Waals surface area contributed by atoms with E-state index in [2.05, 4.69) is 25.4 Å². The van der Waals surface area contributed by atoms with Gasteiger partial charge >= 0.3 is 0 Å². The molecule has 0 spiro atoms. The lowest BCUT2D eigenvalue weighted by Crippen LogP contribution is -2.25. The Hall–Kier alpha value is -0.520. The molecular weight excluding hydrogens is 266 g/mol. The van der Waals surface area contributed by atoms with Crippen LogP contribution >= 0.6 is 11.8 Å². The highest BCUT2D eigenvalue weighted by Gasteiger charge is 2.10. The van der Waals surface area contributed by atoms with Crippen molar-refractivity contribution in [2.24, 2.45) is 0 Å². The van der Waals surface area contributed by atoms with Crippen LogP contribution in [-0.4, -0.2) is 32.7 Å². The molecule has 18 heavy (non-hydrogen) atoms. The molecule has 0 radical (unpaired) electrons. The number of rotatable bonds is 6. The van der Waals surface area contributed by atoms with Gasteiger partial charge in [-0.1, -0.05) is 19.1 Å². The number of hydrogen-bond acceptors (Lipinski definition) is 4. The number of sulfone groups is 1. The summed E-state index contributed by atoms with van der Waals surface area (Å²) in [7, 11) is -3.10. The van der Waals surface area contributed by atoms with Gasteiger partial charge in [-0.3, -0.25) is 0 Å². The Labute approximate surface area is 114 Å². The van der Waals surface area contributed by atoms with E-state index in [1.54, 1.807) is 12.1 Å². The highest BCUT2D eigenvalue weighted by molar-refractivity contribution is 7.99. The third kappa shape index (κ3) is 4.63. The first-order chi connectivity index (χ1) is 8.34. The zero-order chi connectivity index (χ0) is 13.8. The molecule has 1 N–H and O–H groups in total. The summed E-state index contributed by atoms with van der Waals surface area (Å²) >= 11 is 1.83. The highest BCUT2D eigenvalue weighted by atomic mass is 32.2. The molecule has 0 aliphatic carbocycles. The van der Waals surface area contributed by atoms with Gasteiger partial charge in [-0.25, -0.2) is 8.42 Å². The smallest absolute Gasteiger partial charge is 0.175 e. The third-order valence-electron chi connectivity index (χ3n) is 2.92. The fourth-order valence-corrected chi connectivity index (χ4v) is 2.44. The molecule has 1 aromatic rings. The molecule has 1 aromatic carbocycles. The quantitative estimate of drug-likeness (QED) is 0.873. The van der Waals surface area contributed by atoms with Crippen LogP contribution in [0.15, 0.2) is 29.2 Å². The molecule has 0 saturated heterocycles. The van der Waals surface area contributed by atoms with Crippen molar-refractivity contribution in [3.63, 3.8) is 0 Å². The third-order valence-corrected chi connectivity index (χ3v) is 5.02. The molecule has 2 atom stereocenters. The van der Waals surface area contributed by atoms with Crippen molar-refractivity contribution in [1.29, 1.82) is 0 Å². The molecule has 5 heteroatoms. The van der Waals surface area contributed by atoms with Gasteiger partial charge in [0.25, 0.3) is 0 Å². The van der Waals surface area contributed by atoms with E-state index < -0.39 is 9.84 Å². The fraction of sp³-hybridized carbons (Fsp3) is 0.538. The molecule has 3 nitrogen and oxygen atoms in total. The molecule has 0 aliphatic heterocycles. The molecule has 0 amide bonds. The minimum atomic E-state index is -3.10. The first-order valence-electron chi connectivity index (χ1n) is 5.90. The summed E-state index contributed by atoms with van der Waals surface area (Å²) in [4.78, 5) is 0.371. The Balaban J connectivity index is 2.68. The standard InChI is InChI=1S/C13H21NO2S2/c1-10(17-3)9-14-11(2)12-5-7-13(8-6-12)18(4,15)16/h5-8,10-11,14H,9H2,1-4H3. The molecular formula is C13H21NO2S2. The van der Waals surface area contributed by atoms with Crippen molar-refractivity contribution in [3.05, 3.63) is 29.8 Å². The fourth-order valence-electron chi connectivity index (χ4n) is 1.55. The van der Waals surface area contributed by atoms with Crippen LogP contribution in [0.4, 0.5) is 0 Å². The van der Waals surface area contributed by atoms with Crippen LogP contribution < -0.4 is 5.32 Å². The van der Waals surface area contributed by atoms with E-state index >= 15 is 0 Å². The van der Waals surface area contributed by atoms with Gasteiger partial charge < -0.3 is 5.32 Å². The van der Waals surface area contributed by atoms with Gasteiger partial charge in [-0.05, 0) is 30.9 Å². The lowest BCUT2D eigenvalue weighted by molar-refractivity contribution is 0.575. The molecule has 102 valence electrons. The monoisotopic (exact) mass is 287 g/mol. The summed E-state index contributed by atoms with van der Waals surface area (Å²) in [5, 5.41) is 4.01. The van der Waals surface area contributed by atoms with Gasteiger partial charge in [0.1, 0.15) is 0 Å². The van der Waals surface area contributed by atoms with Crippen molar-refractivity contribution in [2.45, 2.75) is 30.0 Å². The molecule has 1 rings (SSSR count). The Bertz CT molecular complexity index is 468. The second kappa shape index (κ2) is 6.59. The summed E-state index contributed by atoms with van der Waals surface area (Å²) in [5.41, 5.74) is 1.11. The van der Waals surface area contributed by atoms with E-state index in [1.165, 1.54) is 6.26 Å². The summed E-state index contributed by atoms with van der Waals surface area (Å²) in [6.07, 6.45) is 3.32. The zero-order valence-electron chi connectivity index (χ0n) is 11.3. The number of benzene rings is 1. The second-order valence-corrected chi connectivity index (χ2v) is 7.81. The average Bonchev–Trinajstić information content (AvgIpc) is 2.34. The average molecular weight is 287 g/mol. The van der Waals surface area contributed by atoms with E-state index in [4.69, 9.17) is 0 Å². The molecule has 0 aliphatic rings. The van der Waals surface area contributed by atoms with Gasteiger partial charge in [0, 0.05) is 24.1 Å². The van der Waals surface area contributed by atoms with Gasteiger partial charge in [0.05, 0.1) is 4.90 Å². The SMILES string of the molecule is CSC(C)CNC(C)c1ccc(S(C)(=O)=O)cc1. The van der Waals surface area contributed by atoms with E-state index in [0.29, 0.717) is 10.1 Å². The topological polar surface area (TPSA) is 46.2 Å². The van der Waals surface area contributed by atoms with Gasteiger partial charge in [-0.15, -0.1) is 0 Å². The van der Waals surface area contributed by atoms with Crippen molar-refractivity contribution in [2.75, 3.05) is 19.1 Å². The molecule has 0 aromatic heterocycles. The number of nitrogens with one attached hydrogen (secondary N) is 1.